The predicted molar refractivity (Wildman–Crippen MR) is 188 cm³/mol. The molecule has 5 rings (SSSR count). The van der Waals surface area contributed by atoms with E-state index in [1.54, 1.807) is 60.7 Å². The van der Waals surface area contributed by atoms with Crippen molar-refractivity contribution in [3.63, 3.8) is 0 Å². The highest BCUT2D eigenvalue weighted by molar-refractivity contribution is 7.92. The summed E-state index contributed by atoms with van der Waals surface area (Å²) in [5.41, 5.74) is 1.63. The van der Waals surface area contributed by atoms with E-state index in [0.717, 1.165) is 42.0 Å². The lowest BCUT2D eigenvalue weighted by molar-refractivity contribution is -0.140. The second kappa shape index (κ2) is 16.0. The van der Waals surface area contributed by atoms with Crippen molar-refractivity contribution < 1.29 is 18.0 Å². The van der Waals surface area contributed by atoms with E-state index in [1.165, 1.54) is 17.0 Å². The van der Waals surface area contributed by atoms with Crippen LogP contribution in [-0.2, 0) is 32.6 Å². The van der Waals surface area contributed by atoms with Gasteiger partial charge >= 0.3 is 0 Å². The summed E-state index contributed by atoms with van der Waals surface area (Å²) >= 11 is 19.1. The van der Waals surface area contributed by atoms with Crippen molar-refractivity contribution in [3.8, 4) is 0 Å². The molecular formula is C36H36Cl3N3O4S. The molecule has 0 aromatic heterocycles. The van der Waals surface area contributed by atoms with Gasteiger partial charge in [-0.1, -0.05) is 121 Å². The van der Waals surface area contributed by atoms with E-state index in [1.807, 2.05) is 30.3 Å². The van der Waals surface area contributed by atoms with E-state index >= 15 is 0 Å². The van der Waals surface area contributed by atoms with E-state index in [-0.39, 0.29) is 40.5 Å². The first-order valence-electron chi connectivity index (χ1n) is 15.5. The molecule has 11 heteroatoms. The van der Waals surface area contributed by atoms with Crippen molar-refractivity contribution in [2.75, 3.05) is 10.8 Å². The highest BCUT2D eigenvalue weighted by Crippen LogP contribution is 2.31. The number of para-hydroxylation sites is 1. The molecule has 1 saturated carbocycles. The lowest BCUT2D eigenvalue weighted by Crippen LogP contribution is -2.55. The first-order valence-corrected chi connectivity index (χ1v) is 18.1. The van der Waals surface area contributed by atoms with Gasteiger partial charge in [0.2, 0.25) is 11.8 Å². The molecule has 7 nitrogen and oxygen atoms in total. The van der Waals surface area contributed by atoms with Crippen molar-refractivity contribution in [2.24, 2.45) is 0 Å². The van der Waals surface area contributed by atoms with Crippen LogP contribution < -0.4 is 9.62 Å². The zero-order valence-electron chi connectivity index (χ0n) is 25.7. The Morgan fingerprint density at radius 1 is 0.745 bits per heavy atom. The number of nitrogens with one attached hydrogen (secondary N) is 1. The van der Waals surface area contributed by atoms with Crippen LogP contribution >= 0.6 is 34.8 Å². The van der Waals surface area contributed by atoms with Gasteiger partial charge in [-0.05, 0) is 60.4 Å². The second-order valence-corrected chi connectivity index (χ2v) is 14.7. The number of hydrogen-bond acceptors (Lipinski definition) is 4. The maximum Gasteiger partial charge on any atom is 0.264 e. The number of amides is 2. The number of carbonyl (C=O) groups is 2. The fourth-order valence-electron chi connectivity index (χ4n) is 5.82. The van der Waals surface area contributed by atoms with Gasteiger partial charge in [0.1, 0.15) is 12.6 Å². The van der Waals surface area contributed by atoms with Crippen molar-refractivity contribution in [1.29, 1.82) is 0 Å². The Balaban J connectivity index is 1.58. The predicted octanol–water partition coefficient (Wildman–Crippen LogP) is 7.93. The smallest absolute Gasteiger partial charge is 0.264 e. The summed E-state index contributed by atoms with van der Waals surface area (Å²) in [5, 5.41) is 4.01. The molecule has 1 aliphatic carbocycles. The van der Waals surface area contributed by atoms with E-state index in [4.69, 9.17) is 34.8 Å². The third kappa shape index (κ3) is 8.87. The van der Waals surface area contributed by atoms with Crippen LogP contribution in [0.2, 0.25) is 15.1 Å². The molecular weight excluding hydrogens is 677 g/mol. The zero-order valence-corrected chi connectivity index (χ0v) is 28.8. The molecule has 0 bridgehead atoms. The lowest BCUT2D eigenvalue weighted by Gasteiger charge is -2.35. The monoisotopic (exact) mass is 711 g/mol. The summed E-state index contributed by atoms with van der Waals surface area (Å²) < 4.78 is 29.3. The van der Waals surface area contributed by atoms with Crippen molar-refractivity contribution in [1.82, 2.24) is 10.2 Å². The quantitative estimate of drug-likeness (QED) is 0.162. The number of benzene rings is 4. The van der Waals surface area contributed by atoms with Crippen LogP contribution in [0.25, 0.3) is 0 Å². The minimum absolute atomic E-state index is 0.000343. The standard InChI is InChI=1S/C36H36Cl3N3O4S/c37-30-21-20-27(22-32(30)39)24-41(34(23-26-12-4-1-5-13-26)36(44)40-28-14-6-2-7-15-28)35(43)25-42(33-19-11-10-18-31(33)38)47(45,46)29-16-8-3-9-17-29/h1,3-5,8-13,16-22,28,34H,2,6-7,14-15,23-25H2,(H,40,44)/t34-/m1/s1. The summed E-state index contributed by atoms with van der Waals surface area (Å²) in [7, 11) is -4.26. The molecule has 1 N–H and O–H groups in total. The molecule has 0 aliphatic heterocycles. The van der Waals surface area contributed by atoms with Gasteiger partial charge in [-0.2, -0.15) is 0 Å². The normalized spacial score (nSPS) is 14.3. The molecule has 0 unspecified atom stereocenters. The van der Waals surface area contributed by atoms with Crippen LogP contribution in [0.5, 0.6) is 0 Å². The molecule has 0 spiro atoms. The molecule has 4 aromatic rings. The Morgan fingerprint density at radius 2 is 1.38 bits per heavy atom. The number of hydrogen-bond donors (Lipinski definition) is 1. The van der Waals surface area contributed by atoms with Gasteiger partial charge in [-0.25, -0.2) is 8.42 Å². The van der Waals surface area contributed by atoms with Gasteiger partial charge < -0.3 is 10.2 Å². The second-order valence-electron chi connectivity index (χ2n) is 11.6. The van der Waals surface area contributed by atoms with E-state index in [9.17, 15) is 18.0 Å². The number of rotatable bonds is 12. The van der Waals surface area contributed by atoms with Gasteiger partial charge in [-0.3, -0.25) is 13.9 Å². The summed E-state index contributed by atoms with van der Waals surface area (Å²) in [4.78, 5) is 30.3. The SMILES string of the molecule is O=C(NC1CCCCC1)[C@@H](Cc1ccccc1)N(Cc1ccc(Cl)c(Cl)c1)C(=O)CN(c1ccccc1Cl)S(=O)(=O)c1ccccc1. The van der Waals surface area contributed by atoms with Crippen molar-refractivity contribution in [2.45, 2.75) is 62.0 Å². The van der Waals surface area contributed by atoms with Crippen LogP contribution in [0.1, 0.15) is 43.2 Å². The molecule has 0 saturated heterocycles. The number of carbonyl (C=O) groups excluding carboxylic acids is 2. The van der Waals surface area contributed by atoms with E-state index in [0.29, 0.717) is 15.6 Å². The molecule has 1 aliphatic rings. The summed E-state index contributed by atoms with van der Waals surface area (Å²) in [5.74, 6) is -0.889. The van der Waals surface area contributed by atoms with Crippen LogP contribution in [0.4, 0.5) is 5.69 Å². The van der Waals surface area contributed by atoms with Crippen molar-refractivity contribution >= 4 is 62.3 Å². The first-order chi connectivity index (χ1) is 22.6. The topological polar surface area (TPSA) is 86.8 Å². The number of sulfonamides is 1. The Bertz CT molecular complexity index is 1790. The van der Waals surface area contributed by atoms with Crippen LogP contribution in [-0.4, -0.2) is 43.8 Å². The highest BCUT2D eigenvalue weighted by Gasteiger charge is 2.36. The molecule has 246 valence electrons. The Hall–Kier alpha value is -3.56. The fraction of sp³-hybridized carbons (Fsp3) is 0.278. The third-order valence-electron chi connectivity index (χ3n) is 8.29. The minimum atomic E-state index is -4.26. The fourth-order valence-corrected chi connectivity index (χ4v) is 7.88. The minimum Gasteiger partial charge on any atom is -0.352 e. The average molecular weight is 713 g/mol. The Morgan fingerprint density at radius 3 is 2.04 bits per heavy atom. The zero-order chi connectivity index (χ0) is 33.4. The summed E-state index contributed by atoms with van der Waals surface area (Å²) in [6, 6.07) is 27.8. The largest absolute Gasteiger partial charge is 0.352 e. The van der Waals surface area contributed by atoms with Crippen LogP contribution in [0, 0.1) is 0 Å². The van der Waals surface area contributed by atoms with Gasteiger partial charge in [0.05, 0.1) is 25.7 Å². The average Bonchev–Trinajstić information content (AvgIpc) is 3.08. The molecule has 0 heterocycles. The van der Waals surface area contributed by atoms with Gasteiger partial charge in [0, 0.05) is 19.0 Å². The number of anilines is 1. The molecule has 47 heavy (non-hydrogen) atoms. The molecule has 1 atom stereocenters. The maximum atomic E-state index is 14.6. The summed E-state index contributed by atoms with van der Waals surface area (Å²) in [6.45, 7) is -0.628. The van der Waals surface area contributed by atoms with Gasteiger partial charge in [0.25, 0.3) is 10.0 Å². The summed E-state index contributed by atoms with van der Waals surface area (Å²) in [6.07, 6.45) is 5.09. The number of halogens is 3. The third-order valence-corrected chi connectivity index (χ3v) is 11.1. The van der Waals surface area contributed by atoms with Crippen molar-refractivity contribution in [3.05, 3.63) is 129 Å². The van der Waals surface area contributed by atoms with Gasteiger partial charge in [-0.15, -0.1) is 0 Å². The molecule has 0 radical (unpaired) electrons. The molecule has 2 amide bonds. The number of nitrogens with zero attached hydrogens (tertiary/aromatic N) is 2. The van der Waals surface area contributed by atoms with Crippen LogP contribution in [0.3, 0.4) is 0 Å². The van der Waals surface area contributed by atoms with E-state index in [2.05, 4.69) is 5.32 Å². The highest BCUT2D eigenvalue weighted by atomic mass is 35.5. The first kappa shape index (κ1) is 34.8. The maximum absolute atomic E-state index is 14.6. The lowest BCUT2D eigenvalue weighted by atomic mass is 9.94. The van der Waals surface area contributed by atoms with Gasteiger partial charge in [0.15, 0.2) is 0 Å². The van der Waals surface area contributed by atoms with E-state index < -0.39 is 28.5 Å². The van der Waals surface area contributed by atoms with Crippen LogP contribution in [0.15, 0.2) is 108 Å². The Kier molecular flexibility index (Phi) is 11.9. The Labute approximate surface area is 291 Å². The molecule has 1 fully saturated rings. The molecule has 4 aromatic carbocycles.